The average Bonchev–Trinajstić information content (AvgIpc) is 2.28. The van der Waals surface area contributed by atoms with Gasteiger partial charge in [0.1, 0.15) is 0 Å². The van der Waals surface area contributed by atoms with E-state index >= 15 is 0 Å². The summed E-state index contributed by atoms with van der Waals surface area (Å²) in [6.45, 7) is 2.66. The summed E-state index contributed by atoms with van der Waals surface area (Å²) in [6, 6.07) is 5.52. The number of hydrogen-bond acceptors (Lipinski definition) is 3. The number of halogens is 1. The van der Waals surface area contributed by atoms with Gasteiger partial charge in [0.05, 0.1) is 12.2 Å². The zero-order valence-electron chi connectivity index (χ0n) is 8.92. The van der Waals surface area contributed by atoms with Gasteiger partial charge in [-0.2, -0.15) is 0 Å². The first-order valence-electron chi connectivity index (χ1n) is 5.12. The smallest absolute Gasteiger partial charge is 0.335 e. The summed E-state index contributed by atoms with van der Waals surface area (Å²) in [4.78, 5) is 11.5. The molecule has 1 aromatic rings. The third-order valence-corrected chi connectivity index (χ3v) is 2.59. The number of carbonyl (C=O) groups excluding carboxylic acids is 1. The van der Waals surface area contributed by atoms with Crippen molar-refractivity contribution in [1.29, 1.82) is 0 Å². The van der Waals surface area contributed by atoms with Crippen LogP contribution in [0, 0.1) is 0 Å². The van der Waals surface area contributed by atoms with Gasteiger partial charge in [-0.15, -0.1) is 0 Å². The van der Waals surface area contributed by atoms with E-state index in [0.29, 0.717) is 23.7 Å². The van der Waals surface area contributed by atoms with Crippen LogP contribution in [0.25, 0.3) is 6.08 Å². The van der Waals surface area contributed by atoms with Crippen molar-refractivity contribution in [3.63, 3.8) is 0 Å². The van der Waals surface area contributed by atoms with Gasteiger partial charge in [0.15, 0.2) is 0 Å². The molecule has 1 aromatic carbocycles. The fourth-order valence-corrected chi connectivity index (χ4v) is 1.76. The van der Waals surface area contributed by atoms with Crippen molar-refractivity contribution < 1.29 is 9.53 Å². The summed E-state index contributed by atoms with van der Waals surface area (Å²) in [5, 5.41) is 3.82. The molecule has 0 saturated carbocycles. The van der Waals surface area contributed by atoms with Crippen LogP contribution in [-0.2, 0) is 9.53 Å². The minimum atomic E-state index is -0.268. The van der Waals surface area contributed by atoms with Crippen LogP contribution in [0.1, 0.15) is 12.5 Å². The number of anilines is 1. The summed E-state index contributed by atoms with van der Waals surface area (Å²) in [5.41, 5.74) is 2.54. The van der Waals surface area contributed by atoms with Crippen molar-refractivity contribution in [3.05, 3.63) is 34.4 Å². The Morgan fingerprint density at radius 1 is 1.56 bits per heavy atom. The fraction of sp³-hybridized carbons (Fsp3) is 0.250. The van der Waals surface area contributed by atoms with Crippen LogP contribution in [0.5, 0.6) is 0 Å². The summed E-state index contributed by atoms with van der Waals surface area (Å²) in [7, 11) is 0. The van der Waals surface area contributed by atoms with Crippen molar-refractivity contribution in [2.45, 2.75) is 6.92 Å². The Bertz CT molecular complexity index is 454. The van der Waals surface area contributed by atoms with Crippen molar-refractivity contribution >= 4 is 29.3 Å². The molecule has 0 bridgehead atoms. The van der Waals surface area contributed by atoms with Crippen LogP contribution in [0.3, 0.4) is 0 Å². The molecule has 0 aromatic heterocycles. The molecule has 1 heterocycles. The van der Waals surface area contributed by atoms with Gasteiger partial charge in [0.2, 0.25) is 0 Å². The number of hydrogen-bond donors (Lipinski definition) is 1. The predicted octanol–water partition coefficient (Wildman–Crippen LogP) is 2.71. The van der Waals surface area contributed by atoms with E-state index in [1.807, 2.05) is 18.2 Å². The lowest BCUT2D eigenvalue weighted by atomic mass is 10.0. The first-order chi connectivity index (χ1) is 7.70. The van der Waals surface area contributed by atoms with E-state index in [2.05, 4.69) is 5.32 Å². The Labute approximate surface area is 99.1 Å². The molecule has 16 heavy (non-hydrogen) atoms. The third kappa shape index (κ3) is 2.19. The molecular formula is C12H12ClNO2. The molecule has 0 amide bonds. The molecule has 0 saturated heterocycles. The average molecular weight is 238 g/mol. The first-order valence-corrected chi connectivity index (χ1v) is 5.49. The zero-order chi connectivity index (χ0) is 11.5. The van der Waals surface area contributed by atoms with E-state index in [4.69, 9.17) is 16.3 Å². The number of nitrogens with one attached hydrogen (secondary N) is 1. The lowest BCUT2D eigenvalue weighted by molar-refractivity contribution is -0.138. The number of esters is 1. The van der Waals surface area contributed by atoms with Crippen LogP contribution < -0.4 is 5.32 Å². The van der Waals surface area contributed by atoms with Gasteiger partial charge < -0.3 is 10.1 Å². The minimum absolute atomic E-state index is 0.268. The van der Waals surface area contributed by atoms with Crippen LogP contribution in [-0.4, -0.2) is 19.1 Å². The molecule has 1 aliphatic rings. The van der Waals surface area contributed by atoms with Crippen LogP contribution in [0.4, 0.5) is 5.69 Å². The predicted molar refractivity (Wildman–Crippen MR) is 64.6 cm³/mol. The topological polar surface area (TPSA) is 38.3 Å². The molecule has 0 unspecified atom stereocenters. The van der Waals surface area contributed by atoms with Gasteiger partial charge in [-0.3, -0.25) is 0 Å². The van der Waals surface area contributed by atoms with Gasteiger partial charge in [-0.05, 0) is 30.7 Å². The second kappa shape index (κ2) is 4.58. The van der Waals surface area contributed by atoms with Gasteiger partial charge in [-0.1, -0.05) is 17.7 Å². The molecule has 0 radical (unpaired) electrons. The van der Waals surface area contributed by atoms with Gasteiger partial charge in [0, 0.05) is 17.3 Å². The maximum Gasteiger partial charge on any atom is 0.335 e. The largest absolute Gasteiger partial charge is 0.463 e. The van der Waals surface area contributed by atoms with Crippen molar-refractivity contribution in [3.8, 4) is 0 Å². The third-order valence-electron chi connectivity index (χ3n) is 2.35. The van der Waals surface area contributed by atoms with Gasteiger partial charge in [-0.25, -0.2) is 4.79 Å². The number of benzene rings is 1. The van der Waals surface area contributed by atoms with Gasteiger partial charge >= 0.3 is 5.97 Å². The molecule has 1 aliphatic heterocycles. The Balaban J connectivity index is 2.28. The quantitative estimate of drug-likeness (QED) is 0.804. The maximum absolute atomic E-state index is 11.5. The Kier molecular flexibility index (Phi) is 3.15. The van der Waals surface area contributed by atoms with E-state index in [1.165, 1.54) is 0 Å². The molecule has 3 nitrogen and oxygen atoms in total. The van der Waals surface area contributed by atoms with E-state index in [0.717, 1.165) is 11.3 Å². The highest BCUT2D eigenvalue weighted by Gasteiger charge is 2.16. The highest BCUT2D eigenvalue weighted by molar-refractivity contribution is 6.31. The van der Waals surface area contributed by atoms with Gasteiger partial charge in [0.25, 0.3) is 0 Å². The summed E-state index contributed by atoms with van der Waals surface area (Å²) in [6.07, 6.45) is 1.83. The molecule has 1 N–H and O–H groups in total. The maximum atomic E-state index is 11.5. The second-order valence-corrected chi connectivity index (χ2v) is 3.91. The molecule has 2 rings (SSSR count). The number of carbonyl (C=O) groups is 1. The van der Waals surface area contributed by atoms with Crippen molar-refractivity contribution in [2.75, 3.05) is 18.5 Å². The highest BCUT2D eigenvalue weighted by atomic mass is 35.5. The highest BCUT2D eigenvalue weighted by Crippen LogP contribution is 2.27. The Morgan fingerprint density at radius 2 is 2.38 bits per heavy atom. The summed E-state index contributed by atoms with van der Waals surface area (Å²) >= 11 is 5.87. The molecule has 0 atom stereocenters. The molecule has 4 heteroatoms. The number of rotatable bonds is 2. The molecule has 0 aliphatic carbocycles. The van der Waals surface area contributed by atoms with E-state index in [-0.39, 0.29) is 5.97 Å². The van der Waals surface area contributed by atoms with Crippen molar-refractivity contribution in [2.24, 2.45) is 0 Å². The monoisotopic (exact) mass is 237 g/mol. The molecule has 0 spiro atoms. The molecule has 84 valence electrons. The lowest BCUT2D eigenvalue weighted by Crippen LogP contribution is -2.18. The second-order valence-electron chi connectivity index (χ2n) is 3.48. The first kappa shape index (κ1) is 11.0. The van der Waals surface area contributed by atoms with Crippen LogP contribution >= 0.6 is 11.6 Å². The summed E-state index contributed by atoms with van der Waals surface area (Å²) in [5.74, 6) is -0.268. The van der Waals surface area contributed by atoms with E-state index in [1.54, 1.807) is 13.0 Å². The minimum Gasteiger partial charge on any atom is -0.463 e. The van der Waals surface area contributed by atoms with Crippen LogP contribution in [0.15, 0.2) is 23.8 Å². The normalized spacial score (nSPS) is 13.5. The molecule has 0 fully saturated rings. The fourth-order valence-electron chi connectivity index (χ4n) is 1.59. The zero-order valence-corrected chi connectivity index (χ0v) is 9.67. The summed E-state index contributed by atoms with van der Waals surface area (Å²) < 4.78 is 4.95. The molecular weight excluding hydrogens is 226 g/mol. The van der Waals surface area contributed by atoms with E-state index < -0.39 is 0 Å². The van der Waals surface area contributed by atoms with Crippen LogP contribution in [0.2, 0.25) is 5.02 Å². The Hall–Kier alpha value is -1.48. The Morgan fingerprint density at radius 3 is 3.12 bits per heavy atom. The number of fused-ring (bicyclic) bond motifs is 1. The SMILES string of the molecule is CCOC(=O)C1=Cc2ccc(Cl)cc2NC1. The van der Waals surface area contributed by atoms with E-state index in [9.17, 15) is 4.79 Å². The van der Waals surface area contributed by atoms with Crippen molar-refractivity contribution in [1.82, 2.24) is 0 Å². The lowest BCUT2D eigenvalue weighted by Gasteiger charge is -2.17. The standard InChI is InChI=1S/C12H12ClNO2/c1-2-16-12(15)9-5-8-3-4-10(13)6-11(8)14-7-9/h3-6,14H,2,7H2,1H3. The number of ether oxygens (including phenoxy) is 1.